The van der Waals surface area contributed by atoms with Gasteiger partial charge in [0, 0.05) is 27.4 Å². The third-order valence-electron chi connectivity index (χ3n) is 7.81. The van der Waals surface area contributed by atoms with Gasteiger partial charge in [0.15, 0.2) is 5.58 Å². The van der Waals surface area contributed by atoms with Crippen LogP contribution in [-0.2, 0) is 0 Å². The molecule has 0 saturated heterocycles. The van der Waals surface area contributed by atoms with E-state index in [4.69, 9.17) is 13.8 Å². The van der Waals surface area contributed by atoms with E-state index in [2.05, 4.69) is 95.6 Å². The minimum absolute atomic E-state index is 0.600. The first-order valence-electron chi connectivity index (χ1n) is 13.1. The average Bonchev–Trinajstić information content (AvgIpc) is 3.67. The number of furan rings is 1. The Morgan fingerprint density at radius 2 is 1.28 bits per heavy atom. The fourth-order valence-corrected chi connectivity index (χ4v) is 6.00. The van der Waals surface area contributed by atoms with Gasteiger partial charge in [0.05, 0.1) is 16.4 Å². The molecule has 39 heavy (non-hydrogen) atoms. The summed E-state index contributed by atoms with van der Waals surface area (Å²) in [6.07, 6.45) is 0. The molecule has 0 amide bonds. The highest BCUT2D eigenvalue weighted by Gasteiger charge is 2.17. The van der Waals surface area contributed by atoms with E-state index >= 15 is 0 Å². The standard InChI is InChI=1S/C35H20N2O2/c1-2-8-23-20-30-27(19-22(23)7-1)25-9-3-5-11-29(25)37(30)24-15-13-21(14-16-24)35-36-28-17-18-32-33(34(28)39-35)26-10-4-6-12-31(26)38-32/h1-20H. The summed E-state index contributed by atoms with van der Waals surface area (Å²) in [5.74, 6) is 0.600. The van der Waals surface area contributed by atoms with Crippen molar-refractivity contribution in [2.24, 2.45) is 0 Å². The zero-order valence-electron chi connectivity index (χ0n) is 20.8. The summed E-state index contributed by atoms with van der Waals surface area (Å²) in [6.45, 7) is 0. The van der Waals surface area contributed by atoms with E-state index in [0.717, 1.165) is 44.3 Å². The highest BCUT2D eigenvalue weighted by molar-refractivity contribution is 6.16. The fourth-order valence-electron chi connectivity index (χ4n) is 6.00. The summed E-state index contributed by atoms with van der Waals surface area (Å²) in [5, 5.41) is 6.99. The summed E-state index contributed by atoms with van der Waals surface area (Å²) < 4.78 is 14.8. The summed E-state index contributed by atoms with van der Waals surface area (Å²) in [7, 11) is 0. The molecule has 0 aliphatic heterocycles. The normalized spacial score (nSPS) is 12.1. The number of hydrogen-bond acceptors (Lipinski definition) is 3. The number of aromatic nitrogens is 2. The van der Waals surface area contributed by atoms with E-state index in [0.29, 0.717) is 5.89 Å². The van der Waals surface area contributed by atoms with Crippen LogP contribution in [0.5, 0.6) is 0 Å². The van der Waals surface area contributed by atoms with Crippen LogP contribution in [0, 0.1) is 0 Å². The predicted molar refractivity (Wildman–Crippen MR) is 159 cm³/mol. The zero-order valence-corrected chi connectivity index (χ0v) is 20.8. The van der Waals surface area contributed by atoms with Crippen molar-refractivity contribution in [3.63, 3.8) is 0 Å². The van der Waals surface area contributed by atoms with Gasteiger partial charge in [0.1, 0.15) is 16.7 Å². The van der Waals surface area contributed by atoms with Crippen LogP contribution in [0.4, 0.5) is 0 Å². The van der Waals surface area contributed by atoms with Crippen LogP contribution in [0.25, 0.3) is 82.8 Å². The summed E-state index contributed by atoms with van der Waals surface area (Å²) in [5.41, 5.74) is 7.64. The van der Waals surface area contributed by atoms with Crippen molar-refractivity contribution < 1.29 is 8.83 Å². The van der Waals surface area contributed by atoms with E-state index in [-0.39, 0.29) is 0 Å². The van der Waals surface area contributed by atoms with E-state index in [1.54, 1.807) is 0 Å². The largest absolute Gasteiger partial charge is 0.456 e. The molecule has 182 valence electrons. The summed E-state index contributed by atoms with van der Waals surface area (Å²) in [4.78, 5) is 4.83. The highest BCUT2D eigenvalue weighted by Crippen LogP contribution is 2.38. The lowest BCUT2D eigenvalue weighted by molar-refractivity contribution is 0.622. The zero-order chi connectivity index (χ0) is 25.5. The molecule has 0 bridgehead atoms. The number of hydrogen-bond donors (Lipinski definition) is 0. The smallest absolute Gasteiger partial charge is 0.227 e. The van der Waals surface area contributed by atoms with Gasteiger partial charge in [-0.15, -0.1) is 0 Å². The van der Waals surface area contributed by atoms with Gasteiger partial charge in [0.2, 0.25) is 5.89 Å². The molecule has 0 saturated carbocycles. The molecule has 9 rings (SSSR count). The lowest BCUT2D eigenvalue weighted by atomic mass is 10.1. The Morgan fingerprint density at radius 3 is 2.15 bits per heavy atom. The van der Waals surface area contributed by atoms with Gasteiger partial charge < -0.3 is 13.4 Å². The third kappa shape index (κ3) is 2.91. The van der Waals surface area contributed by atoms with Crippen molar-refractivity contribution in [3.8, 4) is 17.1 Å². The average molecular weight is 501 g/mol. The first kappa shape index (κ1) is 20.7. The predicted octanol–water partition coefficient (Wildman–Crippen LogP) is 9.64. The molecule has 0 spiro atoms. The Hall–Kier alpha value is -5.35. The van der Waals surface area contributed by atoms with Crippen LogP contribution < -0.4 is 0 Å². The van der Waals surface area contributed by atoms with Crippen LogP contribution >= 0.6 is 0 Å². The molecular weight excluding hydrogens is 480 g/mol. The van der Waals surface area contributed by atoms with Crippen LogP contribution in [0.3, 0.4) is 0 Å². The van der Waals surface area contributed by atoms with E-state index in [9.17, 15) is 0 Å². The lowest BCUT2D eigenvalue weighted by Gasteiger charge is -2.09. The van der Waals surface area contributed by atoms with Crippen molar-refractivity contribution >= 4 is 65.6 Å². The Balaban J connectivity index is 1.22. The Labute approximate surface area is 222 Å². The third-order valence-corrected chi connectivity index (χ3v) is 7.81. The number of para-hydroxylation sites is 2. The number of benzene rings is 6. The van der Waals surface area contributed by atoms with E-state index in [1.807, 2.05) is 30.3 Å². The fraction of sp³-hybridized carbons (Fsp3) is 0. The molecular formula is C35H20N2O2. The molecule has 0 radical (unpaired) electrons. The second-order valence-electron chi connectivity index (χ2n) is 10.0. The second-order valence-corrected chi connectivity index (χ2v) is 10.0. The van der Waals surface area contributed by atoms with Crippen LogP contribution in [0.15, 0.2) is 130 Å². The second kappa shape index (κ2) is 7.59. The molecule has 3 aromatic heterocycles. The van der Waals surface area contributed by atoms with E-state index in [1.165, 1.54) is 32.6 Å². The van der Waals surface area contributed by atoms with Crippen LogP contribution in [-0.4, -0.2) is 9.55 Å². The first-order chi connectivity index (χ1) is 19.3. The molecule has 0 aliphatic carbocycles. The SMILES string of the molecule is c1ccc2cc3c(cc2c1)c1ccccc1n3-c1ccc(-c2nc3ccc4oc5ccccc5c4c3o2)cc1. The van der Waals surface area contributed by atoms with Crippen molar-refractivity contribution in [3.05, 3.63) is 121 Å². The minimum Gasteiger partial charge on any atom is -0.456 e. The Kier molecular flexibility index (Phi) is 4.02. The van der Waals surface area contributed by atoms with Gasteiger partial charge in [-0.1, -0.05) is 60.7 Å². The van der Waals surface area contributed by atoms with Crippen molar-refractivity contribution in [1.29, 1.82) is 0 Å². The van der Waals surface area contributed by atoms with Crippen LogP contribution in [0.1, 0.15) is 0 Å². The van der Waals surface area contributed by atoms with E-state index < -0.39 is 0 Å². The maximum absolute atomic E-state index is 6.38. The molecule has 9 aromatic rings. The monoisotopic (exact) mass is 500 g/mol. The van der Waals surface area contributed by atoms with Gasteiger partial charge >= 0.3 is 0 Å². The lowest BCUT2D eigenvalue weighted by Crippen LogP contribution is -1.93. The van der Waals surface area contributed by atoms with Gasteiger partial charge in [0.25, 0.3) is 0 Å². The number of oxazole rings is 1. The summed E-state index contributed by atoms with van der Waals surface area (Å²) >= 11 is 0. The number of nitrogens with zero attached hydrogens (tertiary/aromatic N) is 2. The number of rotatable bonds is 2. The number of fused-ring (bicyclic) bond motifs is 9. The molecule has 0 aliphatic rings. The molecule has 0 unspecified atom stereocenters. The van der Waals surface area contributed by atoms with Crippen molar-refractivity contribution in [2.75, 3.05) is 0 Å². The first-order valence-corrected chi connectivity index (χ1v) is 13.1. The highest BCUT2D eigenvalue weighted by atomic mass is 16.4. The molecule has 0 atom stereocenters. The molecule has 0 N–H and O–H groups in total. The van der Waals surface area contributed by atoms with Crippen molar-refractivity contribution in [2.45, 2.75) is 0 Å². The molecule has 4 heteroatoms. The topological polar surface area (TPSA) is 44.1 Å². The van der Waals surface area contributed by atoms with Gasteiger partial charge in [-0.25, -0.2) is 4.98 Å². The summed E-state index contributed by atoms with van der Waals surface area (Å²) in [6, 6.07) is 42.2. The maximum Gasteiger partial charge on any atom is 0.227 e. The molecule has 0 fully saturated rings. The molecule has 3 heterocycles. The van der Waals surface area contributed by atoms with Crippen molar-refractivity contribution in [1.82, 2.24) is 9.55 Å². The van der Waals surface area contributed by atoms with Crippen LogP contribution in [0.2, 0.25) is 0 Å². The van der Waals surface area contributed by atoms with Gasteiger partial charge in [-0.3, -0.25) is 0 Å². The Bertz CT molecular complexity index is 2390. The molecule has 6 aromatic carbocycles. The quantitative estimate of drug-likeness (QED) is 0.237. The van der Waals surface area contributed by atoms with Gasteiger partial charge in [-0.05, 0) is 71.4 Å². The molecule has 4 nitrogen and oxygen atoms in total. The van der Waals surface area contributed by atoms with Gasteiger partial charge in [-0.2, -0.15) is 0 Å². The minimum atomic E-state index is 0.600. The Morgan fingerprint density at radius 1 is 0.538 bits per heavy atom. The maximum atomic E-state index is 6.38.